The van der Waals surface area contributed by atoms with E-state index in [0.29, 0.717) is 16.5 Å². The van der Waals surface area contributed by atoms with E-state index in [9.17, 15) is 4.79 Å². The monoisotopic (exact) mass is 223 g/mol. The molecule has 0 radical (unpaired) electrons. The van der Waals surface area contributed by atoms with Crippen molar-refractivity contribution in [3.63, 3.8) is 0 Å². The molecular formula is C9H6BrNO. The number of carbonyl (C=O) groups excluding carboxylic acids is 1. The average molecular weight is 224 g/mol. The van der Waals surface area contributed by atoms with Crippen molar-refractivity contribution in [3.05, 3.63) is 34.9 Å². The van der Waals surface area contributed by atoms with Gasteiger partial charge in [-0.25, -0.2) is 0 Å². The molecule has 1 aromatic carbocycles. The molecule has 0 N–H and O–H groups in total. The van der Waals surface area contributed by atoms with Crippen LogP contribution in [-0.4, -0.2) is 6.29 Å². The summed E-state index contributed by atoms with van der Waals surface area (Å²) in [6, 6.07) is 7.01. The molecule has 0 aliphatic rings. The first kappa shape index (κ1) is 8.95. The van der Waals surface area contributed by atoms with Crippen LogP contribution in [0.5, 0.6) is 0 Å². The fourth-order valence-corrected chi connectivity index (χ4v) is 1.39. The third kappa shape index (κ3) is 1.72. The van der Waals surface area contributed by atoms with Gasteiger partial charge in [0.05, 0.1) is 11.6 Å². The van der Waals surface area contributed by atoms with Crippen molar-refractivity contribution < 1.29 is 4.79 Å². The van der Waals surface area contributed by atoms with Crippen LogP contribution in [0.25, 0.3) is 0 Å². The standard InChI is InChI=1S/C9H6BrNO/c10-4-9-3-7(5-11)1-2-8(9)6-12/h1-3,6H,4H2. The Kier molecular flexibility index (Phi) is 3.01. The Balaban J connectivity index is 3.21. The van der Waals surface area contributed by atoms with E-state index in [0.717, 1.165) is 11.8 Å². The van der Waals surface area contributed by atoms with E-state index in [1.807, 2.05) is 6.07 Å². The Morgan fingerprint density at radius 1 is 1.58 bits per heavy atom. The number of hydrogen-bond donors (Lipinski definition) is 0. The van der Waals surface area contributed by atoms with Gasteiger partial charge >= 0.3 is 0 Å². The Hall–Kier alpha value is -1.14. The second-order valence-electron chi connectivity index (χ2n) is 2.28. The van der Waals surface area contributed by atoms with Crippen LogP contribution < -0.4 is 0 Å². The van der Waals surface area contributed by atoms with E-state index in [1.165, 1.54) is 0 Å². The van der Waals surface area contributed by atoms with Gasteiger partial charge in [-0.2, -0.15) is 5.26 Å². The largest absolute Gasteiger partial charge is 0.298 e. The molecule has 3 heteroatoms. The predicted octanol–water partition coefficient (Wildman–Crippen LogP) is 2.27. The van der Waals surface area contributed by atoms with Crippen molar-refractivity contribution in [3.8, 4) is 6.07 Å². The van der Waals surface area contributed by atoms with E-state index < -0.39 is 0 Å². The Morgan fingerprint density at radius 3 is 2.83 bits per heavy atom. The highest BCUT2D eigenvalue weighted by atomic mass is 79.9. The molecule has 0 amide bonds. The van der Waals surface area contributed by atoms with Gasteiger partial charge in [0.1, 0.15) is 6.29 Å². The molecule has 0 heterocycles. The number of nitriles is 1. The van der Waals surface area contributed by atoms with Gasteiger partial charge in [-0.3, -0.25) is 4.79 Å². The molecule has 0 bridgehead atoms. The summed E-state index contributed by atoms with van der Waals surface area (Å²) in [7, 11) is 0. The van der Waals surface area contributed by atoms with Gasteiger partial charge in [0, 0.05) is 10.9 Å². The van der Waals surface area contributed by atoms with Crippen molar-refractivity contribution in [1.29, 1.82) is 5.26 Å². The van der Waals surface area contributed by atoms with Crippen molar-refractivity contribution in [2.45, 2.75) is 5.33 Å². The maximum absolute atomic E-state index is 10.5. The number of rotatable bonds is 2. The second kappa shape index (κ2) is 4.03. The third-order valence-corrected chi connectivity index (χ3v) is 2.15. The van der Waals surface area contributed by atoms with Gasteiger partial charge in [-0.05, 0) is 17.7 Å². The fourth-order valence-electron chi connectivity index (χ4n) is 0.906. The van der Waals surface area contributed by atoms with Crippen LogP contribution in [-0.2, 0) is 5.33 Å². The first-order valence-corrected chi connectivity index (χ1v) is 4.48. The maximum atomic E-state index is 10.5. The van der Waals surface area contributed by atoms with Crippen LogP contribution in [0, 0.1) is 11.3 Å². The van der Waals surface area contributed by atoms with E-state index >= 15 is 0 Å². The lowest BCUT2D eigenvalue weighted by molar-refractivity contribution is 0.112. The molecule has 0 aliphatic heterocycles. The van der Waals surface area contributed by atoms with Crippen LogP contribution in [0.1, 0.15) is 21.5 Å². The number of halogens is 1. The molecule has 60 valence electrons. The van der Waals surface area contributed by atoms with Crippen LogP contribution in [0.2, 0.25) is 0 Å². The van der Waals surface area contributed by atoms with Gasteiger partial charge in [0.25, 0.3) is 0 Å². The SMILES string of the molecule is N#Cc1ccc(C=O)c(CBr)c1. The van der Waals surface area contributed by atoms with E-state index in [4.69, 9.17) is 5.26 Å². The summed E-state index contributed by atoms with van der Waals surface area (Å²) in [5, 5.41) is 9.16. The summed E-state index contributed by atoms with van der Waals surface area (Å²) in [5.41, 5.74) is 2.06. The summed E-state index contributed by atoms with van der Waals surface area (Å²) in [6.07, 6.45) is 0.789. The zero-order chi connectivity index (χ0) is 8.97. The number of alkyl halides is 1. The Labute approximate surface area is 78.9 Å². The van der Waals surface area contributed by atoms with Crippen molar-refractivity contribution in [2.24, 2.45) is 0 Å². The molecule has 1 aromatic rings. The van der Waals surface area contributed by atoms with Gasteiger partial charge in [0.15, 0.2) is 0 Å². The van der Waals surface area contributed by atoms with E-state index in [-0.39, 0.29) is 0 Å². The Bertz CT molecular complexity index is 341. The molecule has 0 saturated carbocycles. The van der Waals surface area contributed by atoms with Crippen molar-refractivity contribution in [2.75, 3.05) is 0 Å². The zero-order valence-corrected chi connectivity index (χ0v) is 7.84. The summed E-state index contributed by atoms with van der Waals surface area (Å²) in [4.78, 5) is 10.5. The number of aldehydes is 1. The maximum Gasteiger partial charge on any atom is 0.150 e. The normalized spacial score (nSPS) is 9.00. The highest BCUT2D eigenvalue weighted by molar-refractivity contribution is 9.08. The summed E-state index contributed by atoms with van der Waals surface area (Å²) in [6.45, 7) is 0. The lowest BCUT2D eigenvalue weighted by atomic mass is 10.1. The molecule has 0 aromatic heterocycles. The minimum absolute atomic E-state index is 0.579. The topological polar surface area (TPSA) is 40.9 Å². The minimum Gasteiger partial charge on any atom is -0.298 e. The smallest absolute Gasteiger partial charge is 0.150 e. The first-order chi connectivity index (χ1) is 5.81. The lowest BCUT2D eigenvalue weighted by Crippen LogP contribution is -1.89. The van der Waals surface area contributed by atoms with E-state index in [2.05, 4.69) is 15.9 Å². The van der Waals surface area contributed by atoms with Gasteiger partial charge < -0.3 is 0 Å². The lowest BCUT2D eigenvalue weighted by Gasteiger charge is -1.99. The van der Waals surface area contributed by atoms with Crippen LogP contribution in [0.4, 0.5) is 0 Å². The summed E-state index contributed by atoms with van der Waals surface area (Å²) in [5.74, 6) is 0. The molecule has 0 fully saturated rings. The van der Waals surface area contributed by atoms with Gasteiger partial charge in [-0.1, -0.05) is 22.0 Å². The van der Waals surface area contributed by atoms with Crippen LogP contribution in [0.15, 0.2) is 18.2 Å². The third-order valence-electron chi connectivity index (χ3n) is 1.54. The van der Waals surface area contributed by atoms with Crippen molar-refractivity contribution in [1.82, 2.24) is 0 Å². The number of benzene rings is 1. The van der Waals surface area contributed by atoms with Crippen molar-refractivity contribution >= 4 is 22.2 Å². The van der Waals surface area contributed by atoms with E-state index in [1.54, 1.807) is 18.2 Å². The number of nitrogens with zero attached hydrogens (tertiary/aromatic N) is 1. The molecule has 0 atom stereocenters. The highest BCUT2D eigenvalue weighted by Crippen LogP contribution is 2.12. The molecule has 12 heavy (non-hydrogen) atoms. The molecule has 1 rings (SSSR count). The van der Waals surface area contributed by atoms with Crippen LogP contribution in [0.3, 0.4) is 0 Å². The highest BCUT2D eigenvalue weighted by Gasteiger charge is 2.00. The number of hydrogen-bond acceptors (Lipinski definition) is 2. The molecule has 2 nitrogen and oxygen atoms in total. The summed E-state index contributed by atoms with van der Waals surface area (Å²) < 4.78 is 0. The fraction of sp³-hybridized carbons (Fsp3) is 0.111. The zero-order valence-electron chi connectivity index (χ0n) is 6.25. The molecular weight excluding hydrogens is 218 g/mol. The van der Waals surface area contributed by atoms with Crippen LogP contribution >= 0.6 is 15.9 Å². The average Bonchev–Trinajstić information content (AvgIpc) is 2.16. The molecule has 0 unspecified atom stereocenters. The minimum atomic E-state index is 0.579. The Morgan fingerprint density at radius 2 is 2.33 bits per heavy atom. The molecule has 0 spiro atoms. The first-order valence-electron chi connectivity index (χ1n) is 3.36. The predicted molar refractivity (Wildman–Crippen MR) is 49.2 cm³/mol. The van der Waals surface area contributed by atoms with Gasteiger partial charge in [0.2, 0.25) is 0 Å². The summed E-state index contributed by atoms with van der Waals surface area (Å²) >= 11 is 3.24. The molecule has 0 aliphatic carbocycles. The molecule has 0 saturated heterocycles. The van der Waals surface area contributed by atoms with Gasteiger partial charge in [-0.15, -0.1) is 0 Å². The second-order valence-corrected chi connectivity index (χ2v) is 2.84. The quantitative estimate of drug-likeness (QED) is 0.571. The number of carbonyl (C=O) groups is 1.